The van der Waals surface area contributed by atoms with Crippen LogP contribution in [0.4, 0.5) is 0 Å². The summed E-state index contributed by atoms with van der Waals surface area (Å²) >= 11 is 1.70. The molecule has 1 aliphatic heterocycles. The van der Waals surface area contributed by atoms with E-state index in [0.717, 1.165) is 48.7 Å². The normalized spacial score (nSPS) is 19.1. The second kappa shape index (κ2) is 6.92. The van der Waals surface area contributed by atoms with Gasteiger partial charge in [-0.3, -0.25) is 9.80 Å². The molecule has 0 saturated carbocycles. The van der Waals surface area contributed by atoms with Gasteiger partial charge < -0.3 is 4.42 Å². The minimum Gasteiger partial charge on any atom is -0.468 e. The van der Waals surface area contributed by atoms with Crippen molar-refractivity contribution >= 4 is 16.9 Å². The second-order valence-corrected chi connectivity index (χ2v) is 7.83. The minimum absolute atomic E-state index is 0.221. The zero-order valence-corrected chi connectivity index (χ0v) is 16.0. The Labute approximate surface area is 161 Å². The predicted molar refractivity (Wildman–Crippen MR) is 106 cm³/mol. The molecule has 0 spiro atoms. The number of hydrogen-bond acceptors (Lipinski definition) is 6. The van der Waals surface area contributed by atoms with Gasteiger partial charge in [-0.2, -0.15) is 11.3 Å². The van der Waals surface area contributed by atoms with Crippen molar-refractivity contribution in [1.29, 1.82) is 0 Å². The number of hydrogen-bond donors (Lipinski definition) is 0. The summed E-state index contributed by atoms with van der Waals surface area (Å²) in [6.07, 6.45) is 3.80. The van der Waals surface area contributed by atoms with E-state index >= 15 is 0 Å². The zero-order chi connectivity index (χ0) is 18.2. The van der Waals surface area contributed by atoms with Crippen LogP contribution < -0.4 is 0 Å². The molecule has 5 heterocycles. The first kappa shape index (κ1) is 16.7. The van der Waals surface area contributed by atoms with Crippen LogP contribution in [-0.4, -0.2) is 51.3 Å². The van der Waals surface area contributed by atoms with Crippen molar-refractivity contribution in [1.82, 2.24) is 24.6 Å². The fourth-order valence-electron chi connectivity index (χ4n) is 3.74. The average molecular weight is 379 g/mol. The Hall–Kier alpha value is -2.48. The Kier molecular flexibility index (Phi) is 4.27. The lowest BCUT2D eigenvalue weighted by molar-refractivity contribution is 0.0840. The lowest BCUT2D eigenvalue weighted by Crippen LogP contribution is -2.46. The van der Waals surface area contributed by atoms with Crippen LogP contribution in [0.3, 0.4) is 0 Å². The maximum absolute atomic E-state index is 5.52. The van der Waals surface area contributed by atoms with Crippen molar-refractivity contribution in [3.05, 3.63) is 65.0 Å². The third-order valence-electron chi connectivity index (χ3n) is 5.30. The molecule has 0 aliphatic carbocycles. The van der Waals surface area contributed by atoms with E-state index in [2.05, 4.69) is 62.3 Å². The molecule has 6 nitrogen and oxygen atoms in total. The highest BCUT2D eigenvalue weighted by atomic mass is 32.1. The van der Waals surface area contributed by atoms with Crippen molar-refractivity contribution in [3.8, 4) is 11.1 Å². The number of rotatable bonds is 4. The van der Waals surface area contributed by atoms with Crippen LogP contribution in [0.25, 0.3) is 16.6 Å². The van der Waals surface area contributed by atoms with Gasteiger partial charge in [0.1, 0.15) is 11.5 Å². The van der Waals surface area contributed by atoms with Crippen LogP contribution in [0.5, 0.6) is 0 Å². The summed E-state index contributed by atoms with van der Waals surface area (Å²) in [4.78, 5) is 4.80. The summed E-state index contributed by atoms with van der Waals surface area (Å²) in [6.45, 7) is 3.77. The van der Waals surface area contributed by atoms with Crippen LogP contribution in [-0.2, 0) is 6.54 Å². The molecule has 1 atom stereocenters. The number of piperazine rings is 1. The summed E-state index contributed by atoms with van der Waals surface area (Å²) in [5.41, 5.74) is 4.50. The van der Waals surface area contributed by atoms with Gasteiger partial charge >= 0.3 is 0 Å². The molecule has 7 heteroatoms. The van der Waals surface area contributed by atoms with E-state index in [1.807, 2.05) is 16.6 Å². The summed E-state index contributed by atoms with van der Waals surface area (Å²) < 4.78 is 7.43. The van der Waals surface area contributed by atoms with E-state index in [4.69, 9.17) is 4.42 Å². The number of pyridine rings is 1. The first-order chi connectivity index (χ1) is 13.3. The SMILES string of the molecule is CN1CCN(Cc2ccco2)C[C@H]1c1nnn2cc(-c3ccsc3)ccc12. The number of fused-ring (bicyclic) bond motifs is 1. The number of furan rings is 1. The molecule has 4 aromatic heterocycles. The van der Waals surface area contributed by atoms with Crippen LogP contribution in [0.2, 0.25) is 0 Å². The van der Waals surface area contributed by atoms with E-state index in [1.54, 1.807) is 17.6 Å². The monoisotopic (exact) mass is 379 g/mol. The average Bonchev–Trinajstić information content (AvgIpc) is 3.44. The number of likely N-dealkylation sites (N-methyl/N-ethyl adjacent to an activating group) is 1. The number of thiophene rings is 1. The summed E-state index contributed by atoms with van der Waals surface area (Å²) in [5.74, 6) is 1.01. The van der Waals surface area contributed by atoms with Crippen molar-refractivity contribution in [2.24, 2.45) is 0 Å². The molecule has 0 radical (unpaired) electrons. The molecular formula is C20H21N5OS. The third-order valence-corrected chi connectivity index (χ3v) is 5.99. The molecule has 0 unspecified atom stereocenters. The van der Waals surface area contributed by atoms with Gasteiger partial charge in [-0.05, 0) is 47.6 Å². The van der Waals surface area contributed by atoms with Gasteiger partial charge in [-0.1, -0.05) is 11.3 Å². The van der Waals surface area contributed by atoms with Gasteiger partial charge in [-0.15, -0.1) is 5.10 Å². The Morgan fingerprint density at radius 3 is 2.96 bits per heavy atom. The minimum atomic E-state index is 0.221. The van der Waals surface area contributed by atoms with Gasteiger partial charge in [-0.25, -0.2) is 4.52 Å². The van der Waals surface area contributed by atoms with Crippen molar-refractivity contribution in [3.63, 3.8) is 0 Å². The fourth-order valence-corrected chi connectivity index (χ4v) is 4.41. The third kappa shape index (κ3) is 3.18. The molecule has 138 valence electrons. The topological polar surface area (TPSA) is 49.8 Å². The highest BCUT2D eigenvalue weighted by Crippen LogP contribution is 2.28. The van der Waals surface area contributed by atoms with Crippen LogP contribution >= 0.6 is 11.3 Å². The van der Waals surface area contributed by atoms with E-state index in [0.29, 0.717) is 0 Å². The van der Waals surface area contributed by atoms with Crippen LogP contribution in [0.15, 0.2) is 58.0 Å². The molecule has 0 bridgehead atoms. The van der Waals surface area contributed by atoms with E-state index < -0.39 is 0 Å². The Morgan fingerprint density at radius 2 is 2.15 bits per heavy atom. The molecule has 0 amide bonds. The number of aromatic nitrogens is 3. The van der Waals surface area contributed by atoms with E-state index in [1.165, 1.54) is 5.56 Å². The smallest absolute Gasteiger partial charge is 0.117 e. The van der Waals surface area contributed by atoms with Gasteiger partial charge in [0.15, 0.2) is 0 Å². The Balaban J connectivity index is 1.43. The quantitative estimate of drug-likeness (QED) is 0.543. The molecule has 4 aromatic rings. The second-order valence-electron chi connectivity index (χ2n) is 7.05. The van der Waals surface area contributed by atoms with Crippen LogP contribution in [0, 0.1) is 0 Å². The fraction of sp³-hybridized carbons (Fsp3) is 0.300. The molecule has 5 rings (SSSR count). The first-order valence-corrected chi connectivity index (χ1v) is 10.0. The van der Waals surface area contributed by atoms with Crippen molar-refractivity contribution < 1.29 is 4.42 Å². The Morgan fingerprint density at radius 1 is 1.19 bits per heavy atom. The maximum Gasteiger partial charge on any atom is 0.117 e. The van der Waals surface area contributed by atoms with Crippen molar-refractivity contribution in [2.75, 3.05) is 26.7 Å². The largest absolute Gasteiger partial charge is 0.468 e. The predicted octanol–water partition coefficient (Wildman–Crippen LogP) is 3.54. The lowest BCUT2D eigenvalue weighted by Gasteiger charge is -2.38. The standard InChI is InChI=1S/C20H21N5OS/c1-23-7-8-24(12-17-3-2-9-26-17)13-19(23)20-18-5-4-15(11-25(18)22-21-20)16-6-10-27-14-16/h2-6,9-11,14,19H,7-8,12-13H2,1H3/t19-/m0/s1. The van der Waals surface area contributed by atoms with Gasteiger partial charge in [0.25, 0.3) is 0 Å². The lowest BCUT2D eigenvalue weighted by atomic mass is 10.1. The number of nitrogens with zero attached hydrogens (tertiary/aromatic N) is 5. The molecule has 0 aromatic carbocycles. The summed E-state index contributed by atoms with van der Waals surface area (Å²) in [6, 6.07) is 10.6. The molecule has 1 aliphatic rings. The van der Waals surface area contributed by atoms with Gasteiger partial charge in [0, 0.05) is 31.4 Å². The molecule has 1 saturated heterocycles. The summed E-state index contributed by atoms with van der Waals surface area (Å²) in [7, 11) is 2.17. The first-order valence-electron chi connectivity index (χ1n) is 9.10. The van der Waals surface area contributed by atoms with Crippen molar-refractivity contribution in [2.45, 2.75) is 12.6 Å². The Bertz CT molecular complexity index is 1020. The molecule has 0 N–H and O–H groups in total. The maximum atomic E-state index is 5.52. The zero-order valence-electron chi connectivity index (χ0n) is 15.2. The van der Waals surface area contributed by atoms with E-state index in [9.17, 15) is 0 Å². The van der Waals surface area contributed by atoms with Crippen LogP contribution in [0.1, 0.15) is 17.5 Å². The summed E-state index contributed by atoms with van der Waals surface area (Å²) in [5, 5.41) is 13.2. The highest BCUT2D eigenvalue weighted by Gasteiger charge is 2.29. The molecular weight excluding hydrogens is 358 g/mol. The molecule has 1 fully saturated rings. The highest BCUT2D eigenvalue weighted by molar-refractivity contribution is 7.08. The van der Waals surface area contributed by atoms with Gasteiger partial charge in [0.05, 0.1) is 24.4 Å². The molecule has 27 heavy (non-hydrogen) atoms. The van der Waals surface area contributed by atoms with E-state index in [-0.39, 0.29) is 6.04 Å². The van der Waals surface area contributed by atoms with Gasteiger partial charge in [0.2, 0.25) is 0 Å².